The van der Waals surface area contributed by atoms with Gasteiger partial charge in [0.15, 0.2) is 0 Å². The van der Waals surface area contributed by atoms with Crippen molar-refractivity contribution in [3.05, 3.63) is 0 Å². The zero-order valence-electron chi connectivity index (χ0n) is 7.10. The van der Waals surface area contributed by atoms with Gasteiger partial charge in [-0.25, -0.2) is 0 Å². The van der Waals surface area contributed by atoms with Gasteiger partial charge in [0.05, 0.1) is 6.10 Å². The fraction of sp³-hybridized carbons (Fsp3) is 0.875. The molecule has 0 aromatic rings. The van der Waals surface area contributed by atoms with Crippen LogP contribution in [0.4, 0.5) is 0 Å². The number of hydrogen-bond acceptors (Lipinski definition) is 2. The van der Waals surface area contributed by atoms with E-state index in [2.05, 4.69) is 0 Å². The Morgan fingerprint density at radius 3 is 2.64 bits per heavy atom. The molecular formula is C8H15ClO2. The van der Waals surface area contributed by atoms with Gasteiger partial charge in [0.2, 0.25) is 0 Å². The van der Waals surface area contributed by atoms with Crippen molar-refractivity contribution in [1.29, 1.82) is 0 Å². The highest BCUT2D eigenvalue weighted by Gasteiger charge is 2.03. The summed E-state index contributed by atoms with van der Waals surface area (Å²) >= 11 is 5.48. The summed E-state index contributed by atoms with van der Waals surface area (Å²) in [6.07, 6.45) is 2.97. The van der Waals surface area contributed by atoms with E-state index in [1.807, 2.05) is 6.92 Å². The number of ether oxygens (including phenoxy) is 1. The zero-order valence-corrected chi connectivity index (χ0v) is 7.86. The maximum Gasteiger partial charge on any atom is 0.302 e. The molecule has 1 unspecified atom stereocenters. The lowest BCUT2D eigenvalue weighted by molar-refractivity contribution is -0.145. The summed E-state index contributed by atoms with van der Waals surface area (Å²) in [6, 6.07) is 0. The van der Waals surface area contributed by atoms with Crippen LogP contribution in [0.5, 0.6) is 0 Å². The lowest BCUT2D eigenvalue weighted by Gasteiger charge is -2.10. The fourth-order valence-electron chi connectivity index (χ4n) is 0.869. The second kappa shape index (κ2) is 6.47. The van der Waals surface area contributed by atoms with Gasteiger partial charge in [0.25, 0.3) is 0 Å². The topological polar surface area (TPSA) is 26.3 Å². The number of alkyl halides is 1. The van der Waals surface area contributed by atoms with Crippen LogP contribution in [0.2, 0.25) is 0 Å². The van der Waals surface area contributed by atoms with E-state index >= 15 is 0 Å². The second-order valence-corrected chi connectivity index (χ2v) is 2.98. The first-order valence-electron chi connectivity index (χ1n) is 3.90. The van der Waals surface area contributed by atoms with E-state index in [4.69, 9.17) is 16.3 Å². The highest BCUT2D eigenvalue weighted by atomic mass is 35.5. The zero-order chi connectivity index (χ0) is 8.69. The van der Waals surface area contributed by atoms with E-state index in [0.717, 1.165) is 19.3 Å². The smallest absolute Gasteiger partial charge is 0.302 e. The van der Waals surface area contributed by atoms with E-state index in [1.165, 1.54) is 6.92 Å². The van der Waals surface area contributed by atoms with Crippen molar-refractivity contribution in [2.45, 2.75) is 39.2 Å². The predicted octanol–water partition coefficient (Wildman–Crippen LogP) is 2.35. The van der Waals surface area contributed by atoms with Crippen molar-refractivity contribution in [2.75, 3.05) is 5.88 Å². The van der Waals surface area contributed by atoms with Gasteiger partial charge < -0.3 is 4.74 Å². The molecule has 1 atom stereocenters. The summed E-state index contributed by atoms with van der Waals surface area (Å²) in [7, 11) is 0. The number of esters is 1. The summed E-state index contributed by atoms with van der Waals surface area (Å²) in [4.78, 5) is 10.4. The molecular weight excluding hydrogens is 164 g/mol. The molecule has 0 radical (unpaired) electrons. The molecule has 2 nitrogen and oxygen atoms in total. The first-order chi connectivity index (χ1) is 5.16. The fourth-order valence-corrected chi connectivity index (χ4v) is 1.06. The Morgan fingerprint density at radius 1 is 1.55 bits per heavy atom. The van der Waals surface area contributed by atoms with Gasteiger partial charge in [-0.05, 0) is 26.2 Å². The van der Waals surface area contributed by atoms with Crippen molar-refractivity contribution < 1.29 is 9.53 Å². The van der Waals surface area contributed by atoms with Crippen molar-refractivity contribution in [2.24, 2.45) is 0 Å². The first kappa shape index (κ1) is 10.8. The van der Waals surface area contributed by atoms with Crippen LogP contribution in [0.1, 0.15) is 33.1 Å². The third kappa shape index (κ3) is 7.66. The molecule has 0 fully saturated rings. The van der Waals surface area contributed by atoms with Gasteiger partial charge in [-0.3, -0.25) is 4.79 Å². The molecule has 0 bridgehead atoms. The van der Waals surface area contributed by atoms with Crippen LogP contribution in [-0.4, -0.2) is 18.0 Å². The van der Waals surface area contributed by atoms with Crippen LogP contribution in [-0.2, 0) is 9.53 Å². The van der Waals surface area contributed by atoms with Crippen LogP contribution in [0.15, 0.2) is 0 Å². The number of halogens is 1. The minimum Gasteiger partial charge on any atom is -0.463 e. The lowest BCUT2D eigenvalue weighted by Crippen LogP contribution is -2.11. The van der Waals surface area contributed by atoms with Crippen molar-refractivity contribution in [3.8, 4) is 0 Å². The SMILES string of the molecule is CC(=O)OC(C)CCCCCl. The third-order valence-corrected chi connectivity index (χ3v) is 1.63. The van der Waals surface area contributed by atoms with Gasteiger partial charge in [-0.1, -0.05) is 0 Å². The summed E-state index contributed by atoms with van der Waals surface area (Å²) in [5, 5.41) is 0. The maximum atomic E-state index is 10.4. The quantitative estimate of drug-likeness (QED) is 0.367. The summed E-state index contributed by atoms with van der Waals surface area (Å²) < 4.78 is 4.91. The second-order valence-electron chi connectivity index (χ2n) is 2.60. The third-order valence-electron chi connectivity index (χ3n) is 1.36. The number of carbonyl (C=O) groups excluding carboxylic acids is 1. The Balaban J connectivity index is 3.22. The highest BCUT2D eigenvalue weighted by Crippen LogP contribution is 2.04. The largest absolute Gasteiger partial charge is 0.463 e. The highest BCUT2D eigenvalue weighted by molar-refractivity contribution is 6.17. The minimum atomic E-state index is -0.205. The normalized spacial score (nSPS) is 12.6. The van der Waals surface area contributed by atoms with Gasteiger partial charge in [0.1, 0.15) is 0 Å². The van der Waals surface area contributed by atoms with Crippen LogP contribution in [0.3, 0.4) is 0 Å². The average Bonchev–Trinajstić information content (AvgIpc) is 1.86. The van der Waals surface area contributed by atoms with Gasteiger partial charge in [-0.2, -0.15) is 0 Å². The standard InChI is InChI=1S/C8H15ClO2/c1-7(11-8(2)10)5-3-4-6-9/h7H,3-6H2,1-2H3. The molecule has 0 aliphatic heterocycles. The van der Waals surface area contributed by atoms with Crippen molar-refractivity contribution in [1.82, 2.24) is 0 Å². The number of rotatable bonds is 5. The number of hydrogen-bond donors (Lipinski definition) is 0. The summed E-state index contributed by atoms with van der Waals surface area (Å²) in [6.45, 7) is 3.33. The van der Waals surface area contributed by atoms with E-state index in [0.29, 0.717) is 5.88 Å². The molecule has 0 saturated carbocycles. The summed E-state index contributed by atoms with van der Waals surface area (Å²) in [5.74, 6) is 0.482. The molecule has 3 heteroatoms. The molecule has 0 aliphatic rings. The number of unbranched alkanes of at least 4 members (excludes halogenated alkanes) is 1. The van der Waals surface area contributed by atoms with Crippen molar-refractivity contribution >= 4 is 17.6 Å². The molecule has 0 aliphatic carbocycles. The molecule has 0 N–H and O–H groups in total. The minimum absolute atomic E-state index is 0.0377. The first-order valence-corrected chi connectivity index (χ1v) is 4.43. The van der Waals surface area contributed by atoms with E-state index in [-0.39, 0.29) is 12.1 Å². The van der Waals surface area contributed by atoms with E-state index < -0.39 is 0 Å². The Hall–Kier alpha value is -0.240. The Labute approximate surface area is 72.9 Å². The van der Waals surface area contributed by atoms with Gasteiger partial charge in [0, 0.05) is 12.8 Å². The Bertz CT molecular complexity index is 115. The molecule has 0 amide bonds. The van der Waals surface area contributed by atoms with Crippen LogP contribution < -0.4 is 0 Å². The average molecular weight is 179 g/mol. The Kier molecular flexibility index (Phi) is 6.33. The maximum absolute atomic E-state index is 10.4. The number of carbonyl (C=O) groups is 1. The molecule has 0 heterocycles. The lowest BCUT2D eigenvalue weighted by atomic mass is 10.2. The molecule has 0 saturated heterocycles. The molecule has 0 rings (SSSR count). The Morgan fingerprint density at radius 2 is 2.18 bits per heavy atom. The van der Waals surface area contributed by atoms with Gasteiger partial charge >= 0.3 is 5.97 Å². The van der Waals surface area contributed by atoms with E-state index in [1.54, 1.807) is 0 Å². The van der Waals surface area contributed by atoms with Gasteiger partial charge in [-0.15, -0.1) is 11.6 Å². The van der Waals surface area contributed by atoms with E-state index in [9.17, 15) is 4.79 Å². The van der Waals surface area contributed by atoms with Crippen LogP contribution >= 0.6 is 11.6 Å². The molecule has 0 aromatic carbocycles. The monoisotopic (exact) mass is 178 g/mol. The van der Waals surface area contributed by atoms with Crippen LogP contribution in [0, 0.1) is 0 Å². The molecule has 0 spiro atoms. The van der Waals surface area contributed by atoms with Crippen molar-refractivity contribution in [3.63, 3.8) is 0 Å². The molecule has 66 valence electrons. The van der Waals surface area contributed by atoms with Crippen LogP contribution in [0.25, 0.3) is 0 Å². The predicted molar refractivity (Wildman–Crippen MR) is 45.8 cm³/mol. The molecule has 11 heavy (non-hydrogen) atoms. The molecule has 0 aromatic heterocycles. The summed E-state index contributed by atoms with van der Waals surface area (Å²) in [5.41, 5.74) is 0.